The molecule has 5 atom stereocenters. The highest BCUT2D eigenvalue weighted by atomic mass is 16.8. The summed E-state index contributed by atoms with van der Waals surface area (Å²) >= 11 is 0. The van der Waals surface area contributed by atoms with E-state index in [1.807, 2.05) is 27.7 Å². The Kier molecular flexibility index (Phi) is 5.03. The molecule has 6 heteroatoms. The molecule has 0 aromatic heterocycles. The van der Waals surface area contributed by atoms with Gasteiger partial charge < -0.3 is 28.4 Å². The Labute approximate surface area is 138 Å². The fourth-order valence-corrected chi connectivity index (χ4v) is 3.44. The predicted molar refractivity (Wildman–Crippen MR) is 82.9 cm³/mol. The average Bonchev–Trinajstić information content (AvgIpc) is 3.05. The van der Waals surface area contributed by atoms with Gasteiger partial charge in [0.15, 0.2) is 17.9 Å². The summed E-state index contributed by atoms with van der Waals surface area (Å²) in [7, 11) is 0. The van der Waals surface area contributed by atoms with Crippen LogP contribution in [0, 0.1) is 0 Å². The molecule has 0 aromatic carbocycles. The predicted octanol–water partition coefficient (Wildman–Crippen LogP) is 2.59. The summed E-state index contributed by atoms with van der Waals surface area (Å²) in [6.45, 7) is 11.0. The van der Waals surface area contributed by atoms with E-state index in [1.165, 1.54) is 6.42 Å². The summed E-state index contributed by atoms with van der Waals surface area (Å²) < 4.78 is 35.7. The van der Waals surface area contributed by atoms with Crippen LogP contribution in [0.3, 0.4) is 0 Å². The Morgan fingerprint density at radius 1 is 0.957 bits per heavy atom. The minimum atomic E-state index is -0.641. The normalized spacial score (nSPS) is 41.3. The zero-order valence-electron chi connectivity index (χ0n) is 14.9. The van der Waals surface area contributed by atoms with Gasteiger partial charge in [0.05, 0.1) is 6.61 Å². The third-order valence-corrected chi connectivity index (χ3v) is 4.48. The minimum Gasteiger partial charge on any atom is -0.372 e. The van der Waals surface area contributed by atoms with E-state index in [0.29, 0.717) is 13.2 Å². The molecule has 23 heavy (non-hydrogen) atoms. The van der Waals surface area contributed by atoms with Gasteiger partial charge in [0.1, 0.15) is 24.4 Å². The Hall–Kier alpha value is -0.240. The molecule has 0 amide bonds. The SMILES string of the molecule is CCCCCO[C@@H]1[C@H]2OC(C)(C)O[C@H]2O[C@@H]1[C@@H]1COC(C)(C)O1. The van der Waals surface area contributed by atoms with Crippen LogP contribution >= 0.6 is 0 Å². The van der Waals surface area contributed by atoms with Crippen LogP contribution in [0.4, 0.5) is 0 Å². The summed E-state index contributed by atoms with van der Waals surface area (Å²) in [5, 5.41) is 0. The maximum atomic E-state index is 6.14. The molecule has 3 aliphatic heterocycles. The number of fused-ring (bicyclic) bond motifs is 1. The van der Waals surface area contributed by atoms with Crippen LogP contribution in [0.15, 0.2) is 0 Å². The van der Waals surface area contributed by atoms with E-state index in [-0.39, 0.29) is 24.4 Å². The van der Waals surface area contributed by atoms with E-state index in [1.54, 1.807) is 0 Å². The topological polar surface area (TPSA) is 55.4 Å². The summed E-state index contributed by atoms with van der Waals surface area (Å²) in [5.41, 5.74) is 0. The number of hydrogen-bond donors (Lipinski definition) is 0. The van der Waals surface area contributed by atoms with Gasteiger partial charge in [-0.1, -0.05) is 19.8 Å². The maximum absolute atomic E-state index is 6.14. The van der Waals surface area contributed by atoms with Crippen LogP contribution in [0.2, 0.25) is 0 Å². The van der Waals surface area contributed by atoms with Crippen molar-refractivity contribution in [2.45, 2.75) is 96.2 Å². The van der Waals surface area contributed by atoms with Gasteiger partial charge in [0, 0.05) is 6.61 Å². The Morgan fingerprint density at radius 3 is 2.39 bits per heavy atom. The number of rotatable bonds is 6. The molecule has 3 heterocycles. The van der Waals surface area contributed by atoms with Gasteiger partial charge in [-0.2, -0.15) is 0 Å². The van der Waals surface area contributed by atoms with Crippen molar-refractivity contribution in [2.24, 2.45) is 0 Å². The van der Waals surface area contributed by atoms with Crippen LogP contribution in [0.5, 0.6) is 0 Å². The van der Waals surface area contributed by atoms with Crippen molar-refractivity contribution in [3.8, 4) is 0 Å². The van der Waals surface area contributed by atoms with Crippen LogP contribution in [0.25, 0.3) is 0 Å². The quantitative estimate of drug-likeness (QED) is 0.698. The van der Waals surface area contributed by atoms with Crippen molar-refractivity contribution >= 4 is 0 Å². The van der Waals surface area contributed by atoms with Crippen LogP contribution in [0.1, 0.15) is 53.9 Å². The Morgan fingerprint density at radius 2 is 1.74 bits per heavy atom. The molecule has 0 radical (unpaired) electrons. The molecule has 134 valence electrons. The lowest BCUT2D eigenvalue weighted by Crippen LogP contribution is -2.44. The monoisotopic (exact) mass is 330 g/mol. The van der Waals surface area contributed by atoms with Gasteiger partial charge in [0.2, 0.25) is 0 Å². The molecule has 0 spiro atoms. The van der Waals surface area contributed by atoms with Crippen LogP contribution in [-0.2, 0) is 28.4 Å². The van der Waals surface area contributed by atoms with Crippen molar-refractivity contribution in [1.82, 2.24) is 0 Å². The van der Waals surface area contributed by atoms with E-state index < -0.39 is 17.9 Å². The molecule has 0 aliphatic carbocycles. The van der Waals surface area contributed by atoms with Crippen LogP contribution < -0.4 is 0 Å². The van der Waals surface area contributed by atoms with Gasteiger partial charge in [0.25, 0.3) is 0 Å². The van der Waals surface area contributed by atoms with E-state index in [4.69, 9.17) is 28.4 Å². The second kappa shape index (κ2) is 6.58. The number of ether oxygens (including phenoxy) is 6. The molecule has 0 bridgehead atoms. The first-order chi connectivity index (χ1) is 10.8. The first kappa shape index (κ1) is 17.6. The zero-order valence-corrected chi connectivity index (χ0v) is 14.9. The highest BCUT2D eigenvalue weighted by Gasteiger charge is 2.58. The van der Waals surface area contributed by atoms with E-state index in [9.17, 15) is 0 Å². The first-order valence-corrected chi connectivity index (χ1v) is 8.76. The standard InChI is InChI=1S/C17H30O6/c1-6-7-8-9-18-13-12(11-10-19-16(2,3)21-11)20-15-14(13)22-17(4,5)23-15/h11-15H,6-10H2,1-5H3/t11-,12+,13-,14+,15+/m0/s1. The largest absolute Gasteiger partial charge is 0.372 e. The van der Waals surface area contributed by atoms with Crippen molar-refractivity contribution in [2.75, 3.05) is 13.2 Å². The average molecular weight is 330 g/mol. The van der Waals surface area contributed by atoms with Crippen molar-refractivity contribution < 1.29 is 28.4 Å². The fourth-order valence-electron chi connectivity index (χ4n) is 3.44. The van der Waals surface area contributed by atoms with Crippen molar-refractivity contribution in [3.05, 3.63) is 0 Å². The number of unbranched alkanes of at least 4 members (excludes halogenated alkanes) is 2. The summed E-state index contributed by atoms with van der Waals surface area (Å²) in [5.74, 6) is -1.23. The van der Waals surface area contributed by atoms with Gasteiger partial charge in [-0.25, -0.2) is 0 Å². The molecule has 0 aromatic rings. The lowest BCUT2D eigenvalue weighted by molar-refractivity contribution is -0.236. The van der Waals surface area contributed by atoms with E-state index in [0.717, 1.165) is 12.8 Å². The lowest BCUT2D eigenvalue weighted by atomic mass is 10.1. The Balaban J connectivity index is 1.66. The third kappa shape index (κ3) is 3.89. The molecule has 3 fully saturated rings. The van der Waals surface area contributed by atoms with E-state index >= 15 is 0 Å². The van der Waals surface area contributed by atoms with Crippen molar-refractivity contribution in [3.63, 3.8) is 0 Å². The molecule has 0 N–H and O–H groups in total. The second-order valence-corrected chi connectivity index (χ2v) is 7.48. The molecule has 6 nitrogen and oxygen atoms in total. The van der Waals surface area contributed by atoms with Gasteiger partial charge in [-0.3, -0.25) is 0 Å². The molecule has 3 aliphatic rings. The summed E-state index contributed by atoms with van der Waals surface area (Å²) in [6.07, 6.45) is 2.15. The van der Waals surface area contributed by atoms with E-state index in [2.05, 4.69) is 6.92 Å². The van der Waals surface area contributed by atoms with Crippen molar-refractivity contribution in [1.29, 1.82) is 0 Å². The Bertz CT molecular complexity index is 410. The molecule has 0 unspecified atom stereocenters. The fraction of sp³-hybridized carbons (Fsp3) is 1.00. The second-order valence-electron chi connectivity index (χ2n) is 7.48. The molecule has 3 rings (SSSR count). The summed E-state index contributed by atoms with van der Waals surface area (Å²) in [4.78, 5) is 0. The van der Waals surface area contributed by atoms with Gasteiger partial charge >= 0.3 is 0 Å². The van der Waals surface area contributed by atoms with Gasteiger partial charge in [-0.15, -0.1) is 0 Å². The zero-order chi connectivity index (χ0) is 16.7. The molecular weight excluding hydrogens is 300 g/mol. The highest BCUT2D eigenvalue weighted by molar-refractivity contribution is 4.98. The maximum Gasteiger partial charge on any atom is 0.190 e. The smallest absolute Gasteiger partial charge is 0.190 e. The van der Waals surface area contributed by atoms with Crippen LogP contribution in [-0.4, -0.2) is 55.5 Å². The first-order valence-electron chi connectivity index (χ1n) is 8.76. The molecule has 0 saturated carbocycles. The molecule has 3 saturated heterocycles. The highest BCUT2D eigenvalue weighted by Crippen LogP contribution is 2.41. The number of hydrogen-bond acceptors (Lipinski definition) is 6. The minimum absolute atomic E-state index is 0.165. The molecular formula is C17H30O6. The lowest BCUT2D eigenvalue weighted by Gasteiger charge is -2.29. The summed E-state index contributed by atoms with van der Waals surface area (Å²) in [6, 6.07) is 0. The third-order valence-electron chi connectivity index (χ3n) is 4.48. The van der Waals surface area contributed by atoms with Gasteiger partial charge in [-0.05, 0) is 34.1 Å².